The van der Waals surface area contributed by atoms with E-state index >= 15 is 0 Å². The number of hydrogen-bond acceptors (Lipinski definition) is 3. The van der Waals surface area contributed by atoms with Gasteiger partial charge in [-0.2, -0.15) is 0 Å². The van der Waals surface area contributed by atoms with Crippen molar-refractivity contribution in [3.05, 3.63) is 29.3 Å². The number of sulfonamides is 1. The maximum atomic E-state index is 11.7. The van der Waals surface area contributed by atoms with Crippen LogP contribution in [0.3, 0.4) is 0 Å². The molecular formula is C13H19ClN2O3S. The van der Waals surface area contributed by atoms with Gasteiger partial charge in [-0.25, -0.2) is 17.9 Å². The summed E-state index contributed by atoms with van der Waals surface area (Å²) in [6.45, 7) is 2.05. The van der Waals surface area contributed by atoms with Gasteiger partial charge in [0.15, 0.2) is 0 Å². The van der Waals surface area contributed by atoms with Crippen molar-refractivity contribution >= 4 is 33.3 Å². The molecule has 112 valence electrons. The summed E-state index contributed by atoms with van der Waals surface area (Å²) < 4.78 is 25.3. The molecule has 0 aliphatic rings. The third kappa shape index (κ3) is 6.77. The van der Waals surface area contributed by atoms with E-state index in [1.165, 1.54) is 0 Å². The molecular weight excluding hydrogens is 300 g/mol. The Bertz CT molecular complexity index is 529. The second-order valence-electron chi connectivity index (χ2n) is 4.44. The second-order valence-corrected chi connectivity index (χ2v) is 6.72. The van der Waals surface area contributed by atoms with E-state index < -0.39 is 16.1 Å². The maximum Gasteiger partial charge on any atom is 0.332 e. The zero-order valence-corrected chi connectivity index (χ0v) is 12.9. The van der Waals surface area contributed by atoms with Crippen LogP contribution in [0.25, 0.3) is 0 Å². The Morgan fingerprint density at radius 3 is 2.40 bits per heavy atom. The number of hydrogen-bond donors (Lipinski definition) is 2. The largest absolute Gasteiger partial charge is 0.332 e. The summed E-state index contributed by atoms with van der Waals surface area (Å²) in [6, 6.07) is 5.64. The minimum Gasteiger partial charge on any atom is -0.307 e. The Labute approximate surface area is 124 Å². The number of rotatable bonds is 7. The van der Waals surface area contributed by atoms with E-state index in [1.54, 1.807) is 24.3 Å². The first-order valence-electron chi connectivity index (χ1n) is 6.50. The first-order chi connectivity index (χ1) is 9.43. The van der Waals surface area contributed by atoms with Gasteiger partial charge in [0.25, 0.3) is 0 Å². The Kier molecular flexibility index (Phi) is 6.81. The van der Waals surface area contributed by atoms with Crippen molar-refractivity contribution in [2.75, 3.05) is 11.1 Å². The second kappa shape index (κ2) is 8.11. The number of halogens is 1. The van der Waals surface area contributed by atoms with Gasteiger partial charge in [0.05, 0.1) is 5.75 Å². The summed E-state index contributed by atoms with van der Waals surface area (Å²) >= 11 is 5.71. The van der Waals surface area contributed by atoms with Crippen LogP contribution in [0.5, 0.6) is 0 Å². The zero-order chi connectivity index (χ0) is 15.0. The SMILES string of the molecule is CCCCCCS(=O)(=O)NC(=O)Nc1ccc(Cl)cc1. The fourth-order valence-corrected chi connectivity index (χ4v) is 2.75. The lowest BCUT2D eigenvalue weighted by Gasteiger charge is -2.08. The molecule has 0 saturated carbocycles. The summed E-state index contributed by atoms with van der Waals surface area (Å²) in [5.41, 5.74) is 0.480. The number of carbonyl (C=O) groups excluding carboxylic acids is 1. The fraction of sp³-hybridized carbons (Fsp3) is 0.462. The van der Waals surface area contributed by atoms with Crippen LogP contribution >= 0.6 is 11.6 Å². The molecule has 20 heavy (non-hydrogen) atoms. The van der Waals surface area contributed by atoms with E-state index in [1.807, 2.05) is 11.6 Å². The Morgan fingerprint density at radius 2 is 1.80 bits per heavy atom. The Hall–Kier alpha value is -1.27. The fourth-order valence-electron chi connectivity index (χ4n) is 1.60. The normalized spacial score (nSPS) is 11.1. The summed E-state index contributed by atoms with van der Waals surface area (Å²) in [6.07, 6.45) is 3.42. The third-order valence-electron chi connectivity index (χ3n) is 2.62. The number of anilines is 1. The highest BCUT2D eigenvalue weighted by Crippen LogP contribution is 2.13. The van der Waals surface area contributed by atoms with Crippen LogP contribution in [-0.4, -0.2) is 20.2 Å². The van der Waals surface area contributed by atoms with Gasteiger partial charge in [-0.3, -0.25) is 0 Å². The maximum absolute atomic E-state index is 11.7. The van der Waals surface area contributed by atoms with Gasteiger partial charge in [0.1, 0.15) is 0 Å². The molecule has 1 rings (SSSR count). The molecule has 0 fully saturated rings. The average molecular weight is 319 g/mol. The highest BCUT2D eigenvalue weighted by Gasteiger charge is 2.14. The van der Waals surface area contributed by atoms with E-state index in [0.717, 1.165) is 19.3 Å². The van der Waals surface area contributed by atoms with Crippen molar-refractivity contribution in [2.24, 2.45) is 0 Å². The van der Waals surface area contributed by atoms with Crippen molar-refractivity contribution in [1.29, 1.82) is 0 Å². The monoisotopic (exact) mass is 318 g/mol. The molecule has 2 amide bonds. The van der Waals surface area contributed by atoms with Crippen LogP contribution in [0.4, 0.5) is 10.5 Å². The van der Waals surface area contributed by atoms with E-state index in [-0.39, 0.29) is 5.75 Å². The smallest absolute Gasteiger partial charge is 0.307 e. The van der Waals surface area contributed by atoms with E-state index in [0.29, 0.717) is 17.1 Å². The van der Waals surface area contributed by atoms with Gasteiger partial charge in [-0.05, 0) is 30.7 Å². The quantitative estimate of drug-likeness (QED) is 0.757. The molecule has 0 saturated heterocycles. The molecule has 1 aromatic carbocycles. The van der Waals surface area contributed by atoms with Crippen molar-refractivity contribution < 1.29 is 13.2 Å². The van der Waals surface area contributed by atoms with Gasteiger partial charge < -0.3 is 5.32 Å². The molecule has 0 heterocycles. The molecule has 2 N–H and O–H groups in total. The van der Waals surface area contributed by atoms with Crippen LogP contribution in [0.1, 0.15) is 32.6 Å². The highest BCUT2D eigenvalue weighted by molar-refractivity contribution is 7.90. The summed E-state index contributed by atoms with van der Waals surface area (Å²) in [5.74, 6) is -0.0406. The van der Waals surface area contributed by atoms with Crippen molar-refractivity contribution in [3.63, 3.8) is 0 Å². The van der Waals surface area contributed by atoms with Crippen LogP contribution in [0.15, 0.2) is 24.3 Å². The standard InChI is InChI=1S/C13H19ClN2O3S/c1-2-3-4-5-10-20(18,19)16-13(17)15-12-8-6-11(14)7-9-12/h6-9H,2-5,10H2,1H3,(H2,15,16,17). The number of amides is 2. The average Bonchev–Trinajstić information content (AvgIpc) is 2.37. The van der Waals surface area contributed by atoms with Gasteiger partial charge in [0, 0.05) is 10.7 Å². The van der Waals surface area contributed by atoms with Gasteiger partial charge in [-0.1, -0.05) is 37.8 Å². The molecule has 0 spiro atoms. The minimum absolute atomic E-state index is 0.0406. The molecule has 5 nitrogen and oxygen atoms in total. The van der Waals surface area contributed by atoms with Crippen LogP contribution in [0, 0.1) is 0 Å². The van der Waals surface area contributed by atoms with E-state index in [9.17, 15) is 13.2 Å². The first kappa shape index (κ1) is 16.8. The molecule has 0 aromatic heterocycles. The lowest BCUT2D eigenvalue weighted by atomic mass is 10.2. The summed E-state index contributed by atoms with van der Waals surface area (Å²) in [7, 11) is -3.58. The van der Waals surface area contributed by atoms with E-state index in [2.05, 4.69) is 5.32 Å². The predicted molar refractivity (Wildman–Crippen MR) is 81.5 cm³/mol. The number of carbonyl (C=O) groups is 1. The molecule has 0 bridgehead atoms. The topological polar surface area (TPSA) is 75.3 Å². The molecule has 0 radical (unpaired) electrons. The Balaban J connectivity index is 2.42. The van der Waals surface area contributed by atoms with Gasteiger partial charge in [0.2, 0.25) is 10.0 Å². The van der Waals surface area contributed by atoms with Gasteiger partial charge in [-0.15, -0.1) is 0 Å². The molecule has 0 aliphatic heterocycles. The molecule has 7 heteroatoms. The zero-order valence-electron chi connectivity index (χ0n) is 11.4. The lowest BCUT2D eigenvalue weighted by molar-refractivity contribution is 0.256. The number of unbranched alkanes of at least 4 members (excludes halogenated alkanes) is 3. The van der Waals surface area contributed by atoms with E-state index in [4.69, 9.17) is 11.6 Å². The number of urea groups is 1. The Morgan fingerprint density at radius 1 is 1.15 bits per heavy atom. The van der Waals surface area contributed by atoms with Crippen LogP contribution in [-0.2, 0) is 10.0 Å². The van der Waals surface area contributed by atoms with Crippen molar-refractivity contribution in [1.82, 2.24) is 4.72 Å². The first-order valence-corrected chi connectivity index (χ1v) is 8.53. The molecule has 0 atom stereocenters. The van der Waals surface area contributed by atoms with Crippen molar-refractivity contribution in [2.45, 2.75) is 32.6 Å². The van der Waals surface area contributed by atoms with Gasteiger partial charge >= 0.3 is 6.03 Å². The number of nitrogens with one attached hydrogen (secondary N) is 2. The highest BCUT2D eigenvalue weighted by atomic mass is 35.5. The third-order valence-corrected chi connectivity index (χ3v) is 4.19. The summed E-state index contributed by atoms with van der Waals surface area (Å²) in [5, 5.41) is 2.98. The minimum atomic E-state index is -3.58. The number of benzene rings is 1. The summed E-state index contributed by atoms with van der Waals surface area (Å²) in [4.78, 5) is 11.6. The lowest BCUT2D eigenvalue weighted by Crippen LogP contribution is -2.35. The van der Waals surface area contributed by atoms with Crippen molar-refractivity contribution in [3.8, 4) is 0 Å². The molecule has 0 unspecified atom stereocenters. The molecule has 1 aromatic rings. The molecule has 0 aliphatic carbocycles. The van der Waals surface area contributed by atoms with Crippen LogP contribution < -0.4 is 10.0 Å². The van der Waals surface area contributed by atoms with Crippen LogP contribution in [0.2, 0.25) is 5.02 Å². The predicted octanol–water partition coefficient (Wildman–Crippen LogP) is 3.37.